The third-order valence-electron chi connectivity index (χ3n) is 2.59. The van der Waals surface area contributed by atoms with Crippen molar-refractivity contribution in [3.8, 4) is 6.07 Å². The van der Waals surface area contributed by atoms with E-state index in [1.807, 2.05) is 31.0 Å². The molecule has 0 aromatic carbocycles. The molecule has 0 atom stereocenters. The Bertz CT molecular complexity index is 540. The van der Waals surface area contributed by atoms with Crippen molar-refractivity contribution in [3.05, 3.63) is 45.8 Å². The van der Waals surface area contributed by atoms with E-state index < -0.39 is 0 Å². The predicted octanol–water partition coefficient (Wildman–Crippen LogP) is 2.96. The molecular formula is C13H13N3S. The highest BCUT2D eigenvalue weighted by atomic mass is 32.1. The summed E-state index contributed by atoms with van der Waals surface area (Å²) in [5, 5.41) is 11.2. The van der Waals surface area contributed by atoms with Gasteiger partial charge in [0.1, 0.15) is 11.9 Å². The summed E-state index contributed by atoms with van der Waals surface area (Å²) < 4.78 is 0. The first-order chi connectivity index (χ1) is 8.22. The molecule has 0 aliphatic heterocycles. The minimum Gasteiger partial charge on any atom is -0.353 e. The number of nitriles is 1. The molecule has 0 aliphatic carbocycles. The Labute approximate surface area is 105 Å². The van der Waals surface area contributed by atoms with E-state index in [2.05, 4.69) is 22.5 Å². The second-order valence-corrected chi connectivity index (χ2v) is 4.91. The van der Waals surface area contributed by atoms with Crippen LogP contribution in [0, 0.1) is 18.3 Å². The van der Waals surface area contributed by atoms with Crippen LogP contribution in [0.3, 0.4) is 0 Å². The van der Waals surface area contributed by atoms with Crippen LogP contribution in [0.15, 0.2) is 29.8 Å². The van der Waals surface area contributed by atoms with E-state index >= 15 is 0 Å². The summed E-state index contributed by atoms with van der Waals surface area (Å²) in [7, 11) is 1.96. The molecule has 2 rings (SSSR count). The molecule has 3 nitrogen and oxygen atoms in total. The van der Waals surface area contributed by atoms with Gasteiger partial charge in [-0.25, -0.2) is 4.98 Å². The maximum Gasteiger partial charge on any atom is 0.146 e. The van der Waals surface area contributed by atoms with Crippen molar-refractivity contribution < 1.29 is 0 Å². The minimum absolute atomic E-state index is 0.659. The van der Waals surface area contributed by atoms with Gasteiger partial charge in [-0.3, -0.25) is 0 Å². The van der Waals surface area contributed by atoms with E-state index in [-0.39, 0.29) is 0 Å². The topological polar surface area (TPSA) is 39.9 Å². The minimum atomic E-state index is 0.659. The van der Waals surface area contributed by atoms with Gasteiger partial charge < -0.3 is 4.90 Å². The molecule has 0 saturated carbocycles. The van der Waals surface area contributed by atoms with E-state index in [1.54, 1.807) is 17.5 Å². The highest BCUT2D eigenvalue weighted by Gasteiger charge is 2.11. The summed E-state index contributed by atoms with van der Waals surface area (Å²) in [5.74, 6) is 0.751. The zero-order valence-corrected chi connectivity index (χ0v) is 10.7. The lowest BCUT2D eigenvalue weighted by molar-refractivity contribution is 0.907. The Morgan fingerprint density at radius 1 is 1.47 bits per heavy atom. The molecule has 0 unspecified atom stereocenters. The van der Waals surface area contributed by atoms with Crippen LogP contribution < -0.4 is 4.90 Å². The van der Waals surface area contributed by atoms with Gasteiger partial charge in [0.25, 0.3) is 0 Å². The van der Waals surface area contributed by atoms with Crippen molar-refractivity contribution in [2.75, 3.05) is 11.9 Å². The van der Waals surface area contributed by atoms with Gasteiger partial charge in [0.05, 0.1) is 12.1 Å². The van der Waals surface area contributed by atoms with Crippen molar-refractivity contribution in [3.63, 3.8) is 0 Å². The number of hydrogen-bond acceptors (Lipinski definition) is 4. The second-order valence-electron chi connectivity index (χ2n) is 3.87. The number of anilines is 1. The van der Waals surface area contributed by atoms with Gasteiger partial charge in [-0.2, -0.15) is 5.26 Å². The fourth-order valence-electron chi connectivity index (χ4n) is 1.68. The lowest BCUT2D eigenvalue weighted by Crippen LogP contribution is -2.18. The highest BCUT2D eigenvalue weighted by molar-refractivity contribution is 7.09. The zero-order chi connectivity index (χ0) is 12.3. The number of aromatic nitrogens is 1. The third-order valence-corrected chi connectivity index (χ3v) is 3.45. The van der Waals surface area contributed by atoms with Crippen LogP contribution in [-0.2, 0) is 6.54 Å². The normalized spacial score (nSPS) is 9.94. The number of rotatable bonds is 3. The largest absolute Gasteiger partial charge is 0.353 e. The molecule has 86 valence electrons. The van der Waals surface area contributed by atoms with Gasteiger partial charge >= 0.3 is 0 Å². The molecule has 0 radical (unpaired) electrons. The van der Waals surface area contributed by atoms with Crippen molar-refractivity contribution in [2.24, 2.45) is 0 Å². The Morgan fingerprint density at radius 2 is 2.29 bits per heavy atom. The average Bonchev–Trinajstić information content (AvgIpc) is 2.81. The van der Waals surface area contributed by atoms with Gasteiger partial charge in [-0.05, 0) is 30.0 Å². The second kappa shape index (κ2) is 4.98. The van der Waals surface area contributed by atoms with Crippen molar-refractivity contribution in [1.82, 2.24) is 4.98 Å². The summed E-state index contributed by atoms with van der Waals surface area (Å²) in [6, 6.07) is 8.20. The lowest BCUT2D eigenvalue weighted by atomic mass is 10.1. The molecular weight excluding hydrogens is 230 g/mol. The molecule has 0 saturated heterocycles. The van der Waals surface area contributed by atoms with Gasteiger partial charge in [0, 0.05) is 18.1 Å². The monoisotopic (exact) mass is 243 g/mol. The molecule has 0 N–H and O–H groups in total. The summed E-state index contributed by atoms with van der Waals surface area (Å²) in [5.41, 5.74) is 1.63. The van der Waals surface area contributed by atoms with E-state index in [0.717, 1.165) is 17.9 Å². The van der Waals surface area contributed by atoms with Crippen LogP contribution in [0.5, 0.6) is 0 Å². The van der Waals surface area contributed by atoms with Crippen LogP contribution >= 0.6 is 11.3 Å². The van der Waals surface area contributed by atoms with Crippen molar-refractivity contribution in [1.29, 1.82) is 5.26 Å². The van der Waals surface area contributed by atoms with Gasteiger partial charge in [0.2, 0.25) is 0 Å². The first-order valence-corrected chi connectivity index (χ1v) is 6.19. The van der Waals surface area contributed by atoms with Crippen LogP contribution in [-0.4, -0.2) is 12.0 Å². The Hall–Kier alpha value is -1.86. The third kappa shape index (κ3) is 2.45. The smallest absolute Gasteiger partial charge is 0.146 e. The molecule has 0 fully saturated rings. The van der Waals surface area contributed by atoms with Gasteiger partial charge in [-0.1, -0.05) is 6.07 Å². The average molecular weight is 243 g/mol. The van der Waals surface area contributed by atoms with Crippen LogP contribution in [0.1, 0.15) is 16.0 Å². The number of pyridine rings is 1. The van der Waals surface area contributed by atoms with Gasteiger partial charge in [-0.15, -0.1) is 11.3 Å². The fourth-order valence-corrected chi connectivity index (χ4v) is 2.44. The molecule has 4 heteroatoms. The summed E-state index contributed by atoms with van der Waals surface area (Å²) in [6.07, 6.45) is 1.75. The molecule has 2 heterocycles. The van der Waals surface area contributed by atoms with Crippen LogP contribution in [0.4, 0.5) is 5.82 Å². The quantitative estimate of drug-likeness (QED) is 0.832. The number of hydrogen-bond donors (Lipinski definition) is 0. The van der Waals surface area contributed by atoms with Crippen molar-refractivity contribution >= 4 is 17.2 Å². The van der Waals surface area contributed by atoms with E-state index in [9.17, 15) is 0 Å². The summed E-state index contributed by atoms with van der Waals surface area (Å²) in [4.78, 5) is 7.57. The van der Waals surface area contributed by atoms with Crippen LogP contribution in [0.2, 0.25) is 0 Å². The Balaban J connectivity index is 2.28. The molecule has 17 heavy (non-hydrogen) atoms. The number of thiophene rings is 1. The number of aryl methyl sites for hydroxylation is 1. The summed E-state index contributed by atoms with van der Waals surface area (Å²) in [6.45, 7) is 2.71. The maximum absolute atomic E-state index is 9.16. The zero-order valence-electron chi connectivity index (χ0n) is 9.84. The molecule has 2 aromatic heterocycles. The Kier molecular flexibility index (Phi) is 3.40. The van der Waals surface area contributed by atoms with E-state index in [4.69, 9.17) is 5.26 Å². The fraction of sp³-hybridized carbons (Fsp3) is 0.231. The molecule has 0 amide bonds. The van der Waals surface area contributed by atoms with Crippen molar-refractivity contribution in [2.45, 2.75) is 13.5 Å². The molecule has 0 spiro atoms. The SMILES string of the molecule is Cc1ccnc(N(C)Cc2cccs2)c1C#N. The molecule has 2 aromatic rings. The first-order valence-electron chi connectivity index (χ1n) is 5.31. The number of nitrogens with zero attached hydrogens (tertiary/aromatic N) is 3. The standard InChI is InChI=1S/C13H13N3S/c1-10-5-6-15-13(12(10)8-14)16(2)9-11-4-3-7-17-11/h3-7H,9H2,1-2H3. The highest BCUT2D eigenvalue weighted by Crippen LogP contribution is 2.21. The first kappa shape index (κ1) is 11.6. The van der Waals surface area contributed by atoms with Gasteiger partial charge in [0.15, 0.2) is 0 Å². The maximum atomic E-state index is 9.16. The predicted molar refractivity (Wildman–Crippen MR) is 70.1 cm³/mol. The summed E-state index contributed by atoms with van der Waals surface area (Å²) >= 11 is 1.71. The van der Waals surface area contributed by atoms with E-state index in [0.29, 0.717) is 5.56 Å². The van der Waals surface area contributed by atoms with Crippen LogP contribution in [0.25, 0.3) is 0 Å². The molecule has 0 bridgehead atoms. The van der Waals surface area contributed by atoms with E-state index in [1.165, 1.54) is 4.88 Å². The molecule has 0 aliphatic rings. The lowest BCUT2D eigenvalue weighted by Gasteiger charge is -2.19. The Morgan fingerprint density at radius 3 is 2.94 bits per heavy atom.